The minimum atomic E-state index is -0.0507. The van der Waals surface area contributed by atoms with E-state index in [0.717, 1.165) is 55.5 Å². The lowest BCUT2D eigenvalue weighted by Gasteiger charge is -2.16. The molecule has 226 valence electrons. The molecule has 0 saturated heterocycles. The maximum Gasteiger partial charge on any atom is 0.164 e. The summed E-state index contributed by atoms with van der Waals surface area (Å²) in [6, 6.07) is 37.4. The van der Waals surface area contributed by atoms with Gasteiger partial charge in [-0.2, -0.15) is 0 Å². The number of hydrogen-bond acceptors (Lipinski definition) is 6. The van der Waals surface area contributed by atoms with Gasteiger partial charge in [-0.25, -0.2) is 15.0 Å². The number of furan rings is 1. The van der Waals surface area contributed by atoms with Crippen LogP contribution in [0.25, 0.3) is 78.0 Å². The van der Waals surface area contributed by atoms with Crippen LogP contribution in [0.15, 0.2) is 150 Å². The zero-order valence-electron chi connectivity index (χ0n) is 25.6. The predicted octanol–water partition coefficient (Wildman–Crippen LogP) is 9.96. The van der Waals surface area contributed by atoms with Crippen LogP contribution < -0.4 is 4.74 Å². The maximum absolute atomic E-state index is 6.45. The molecule has 5 aromatic carbocycles. The van der Waals surface area contributed by atoms with Crippen molar-refractivity contribution in [1.82, 2.24) is 19.9 Å². The fourth-order valence-electron chi connectivity index (χ4n) is 7.10. The molecule has 3 aromatic heterocycles. The third-order valence-corrected chi connectivity index (χ3v) is 9.35. The molecule has 2 aliphatic rings. The first-order valence-electron chi connectivity index (χ1n) is 16.0. The Kier molecular flexibility index (Phi) is 5.90. The van der Waals surface area contributed by atoms with Gasteiger partial charge in [0, 0.05) is 45.1 Å². The van der Waals surface area contributed by atoms with Crippen LogP contribution >= 0.6 is 0 Å². The zero-order chi connectivity index (χ0) is 31.6. The lowest BCUT2D eigenvalue weighted by atomic mass is 9.88. The standard InChI is InChI=1S/C42H26N4O2/c1-2-10-26(11-3-1)40-44-41(32-14-8-16-35-38(32)30-13-6-7-15-34(30)47-35)46-42(45-40)33-22-29(28-18-17-25-9-4-5-12-27(25)21-28)23-36-39(33)31-19-20-43-24-37(31)48-36/h1-24,30,34H. The summed E-state index contributed by atoms with van der Waals surface area (Å²) < 4.78 is 12.8. The SMILES string of the molecule is C1=CC2Oc3cccc(-c4nc(-c5ccccc5)nc(-c5cc(-c6ccc7ccccc7c6)cc6oc7cnccc7c56)n4)c3C2C=C1. The van der Waals surface area contributed by atoms with E-state index in [0.29, 0.717) is 23.1 Å². The lowest BCUT2D eigenvalue weighted by Crippen LogP contribution is -2.16. The molecule has 4 heterocycles. The van der Waals surface area contributed by atoms with Crippen LogP contribution in [0.1, 0.15) is 11.5 Å². The smallest absolute Gasteiger partial charge is 0.164 e. The van der Waals surface area contributed by atoms with Gasteiger partial charge < -0.3 is 9.15 Å². The number of benzene rings is 5. The highest BCUT2D eigenvalue weighted by Crippen LogP contribution is 2.46. The molecule has 6 nitrogen and oxygen atoms in total. The Labute approximate surface area is 275 Å². The Morgan fingerprint density at radius 2 is 1.38 bits per heavy atom. The van der Waals surface area contributed by atoms with Gasteiger partial charge in [-0.3, -0.25) is 4.98 Å². The van der Waals surface area contributed by atoms with Crippen molar-refractivity contribution in [3.63, 3.8) is 0 Å². The summed E-state index contributed by atoms with van der Waals surface area (Å²) in [4.78, 5) is 19.9. The summed E-state index contributed by atoms with van der Waals surface area (Å²) in [7, 11) is 0. The van der Waals surface area contributed by atoms with Crippen molar-refractivity contribution < 1.29 is 9.15 Å². The highest BCUT2D eigenvalue weighted by molar-refractivity contribution is 6.13. The highest BCUT2D eigenvalue weighted by Gasteiger charge is 2.35. The van der Waals surface area contributed by atoms with Crippen LogP contribution in [-0.4, -0.2) is 26.0 Å². The minimum absolute atomic E-state index is 0.0507. The number of fused-ring (bicyclic) bond motifs is 7. The number of pyridine rings is 1. The molecule has 8 aromatic rings. The normalized spacial score (nSPS) is 16.3. The maximum atomic E-state index is 6.45. The van der Waals surface area contributed by atoms with E-state index in [2.05, 4.69) is 83.9 Å². The Hall–Kier alpha value is -6.40. The van der Waals surface area contributed by atoms with Crippen molar-refractivity contribution in [2.45, 2.75) is 12.0 Å². The monoisotopic (exact) mass is 618 g/mol. The molecule has 10 rings (SSSR count). The molecule has 0 spiro atoms. The van der Waals surface area contributed by atoms with E-state index < -0.39 is 0 Å². The topological polar surface area (TPSA) is 73.9 Å². The van der Waals surface area contributed by atoms with E-state index in [-0.39, 0.29) is 12.0 Å². The zero-order valence-corrected chi connectivity index (χ0v) is 25.6. The molecule has 1 aliphatic carbocycles. The molecule has 0 N–H and O–H groups in total. The van der Waals surface area contributed by atoms with Crippen molar-refractivity contribution in [3.8, 4) is 51.0 Å². The number of allylic oxidation sites excluding steroid dienone is 2. The molecule has 0 radical (unpaired) electrons. The van der Waals surface area contributed by atoms with Crippen LogP contribution in [-0.2, 0) is 0 Å². The molecule has 1 aliphatic heterocycles. The summed E-state index contributed by atoms with van der Waals surface area (Å²) >= 11 is 0. The second-order valence-corrected chi connectivity index (χ2v) is 12.2. The fourth-order valence-corrected chi connectivity index (χ4v) is 7.10. The molecule has 2 unspecified atom stereocenters. The average Bonchev–Trinajstić information content (AvgIpc) is 3.73. The molecule has 48 heavy (non-hydrogen) atoms. The Balaban J connectivity index is 1.25. The number of ether oxygens (including phenoxy) is 1. The van der Waals surface area contributed by atoms with Gasteiger partial charge in [-0.05, 0) is 58.3 Å². The molecule has 0 fully saturated rings. The first-order valence-corrected chi connectivity index (χ1v) is 16.0. The van der Waals surface area contributed by atoms with Crippen LogP contribution in [0.3, 0.4) is 0 Å². The highest BCUT2D eigenvalue weighted by atomic mass is 16.5. The Morgan fingerprint density at radius 1 is 0.562 bits per heavy atom. The summed E-state index contributed by atoms with van der Waals surface area (Å²) in [6.45, 7) is 0. The fraction of sp³-hybridized carbons (Fsp3) is 0.0476. The van der Waals surface area contributed by atoms with Crippen molar-refractivity contribution in [2.75, 3.05) is 0 Å². The quantitative estimate of drug-likeness (QED) is 0.195. The van der Waals surface area contributed by atoms with Crippen LogP contribution in [0.5, 0.6) is 5.75 Å². The molecular formula is C42H26N4O2. The Morgan fingerprint density at radius 3 is 2.29 bits per heavy atom. The van der Waals surface area contributed by atoms with Gasteiger partial charge in [0.25, 0.3) is 0 Å². The third-order valence-electron chi connectivity index (χ3n) is 9.35. The third kappa shape index (κ3) is 4.27. The van der Waals surface area contributed by atoms with E-state index in [1.165, 1.54) is 10.8 Å². The Bertz CT molecular complexity index is 2620. The van der Waals surface area contributed by atoms with Crippen LogP contribution in [0, 0.1) is 0 Å². The predicted molar refractivity (Wildman–Crippen MR) is 190 cm³/mol. The summed E-state index contributed by atoms with van der Waals surface area (Å²) in [5, 5.41) is 4.26. The van der Waals surface area contributed by atoms with E-state index in [9.17, 15) is 0 Å². The van der Waals surface area contributed by atoms with E-state index in [1.54, 1.807) is 12.4 Å². The second kappa shape index (κ2) is 10.6. The average molecular weight is 619 g/mol. The molecule has 0 amide bonds. The summed E-state index contributed by atoms with van der Waals surface area (Å²) in [6.07, 6.45) is 11.9. The first kappa shape index (κ1) is 26.8. The van der Waals surface area contributed by atoms with Crippen molar-refractivity contribution in [3.05, 3.63) is 151 Å². The first-order chi connectivity index (χ1) is 23.8. The van der Waals surface area contributed by atoms with E-state index >= 15 is 0 Å². The van der Waals surface area contributed by atoms with Gasteiger partial charge in [-0.15, -0.1) is 0 Å². The van der Waals surface area contributed by atoms with E-state index in [4.69, 9.17) is 24.1 Å². The van der Waals surface area contributed by atoms with Crippen molar-refractivity contribution >= 4 is 32.7 Å². The van der Waals surface area contributed by atoms with Gasteiger partial charge >= 0.3 is 0 Å². The van der Waals surface area contributed by atoms with E-state index in [1.807, 2.05) is 54.6 Å². The number of hydrogen-bond donors (Lipinski definition) is 0. The van der Waals surface area contributed by atoms with Crippen molar-refractivity contribution in [2.24, 2.45) is 0 Å². The van der Waals surface area contributed by atoms with Gasteiger partial charge in [0.1, 0.15) is 17.4 Å². The van der Waals surface area contributed by atoms with Gasteiger partial charge in [-0.1, -0.05) is 97.1 Å². The van der Waals surface area contributed by atoms with Gasteiger partial charge in [0.15, 0.2) is 23.1 Å². The molecule has 6 heteroatoms. The van der Waals surface area contributed by atoms with Gasteiger partial charge in [0.05, 0.1) is 6.20 Å². The number of rotatable bonds is 4. The lowest BCUT2D eigenvalue weighted by molar-refractivity contribution is 0.269. The number of aromatic nitrogens is 4. The molecular weight excluding hydrogens is 592 g/mol. The minimum Gasteiger partial charge on any atom is -0.485 e. The largest absolute Gasteiger partial charge is 0.485 e. The van der Waals surface area contributed by atoms with Crippen LogP contribution in [0.4, 0.5) is 0 Å². The van der Waals surface area contributed by atoms with Crippen LogP contribution in [0.2, 0.25) is 0 Å². The molecule has 0 bridgehead atoms. The second-order valence-electron chi connectivity index (χ2n) is 12.2. The molecule has 2 atom stereocenters. The van der Waals surface area contributed by atoms with Gasteiger partial charge in [0.2, 0.25) is 0 Å². The summed E-state index contributed by atoms with van der Waals surface area (Å²) in [5.41, 5.74) is 7.35. The number of nitrogens with zero attached hydrogens (tertiary/aromatic N) is 4. The molecule has 0 saturated carbocycles. The summed E-state index contributed by atoms with van der Waals surface area (Å²) in [5.74, 6) is 2.70. The van der Waals surface area contributed by atoms with Crippen molar-refractivity contribution in [1.29, 1.82) is 0 Å².